The van der Waals surface area contributed by atoms with Gasteiger partial charge in [-0.1, -0.05) is 6.07 Å². The summed E-state index contributed by atoms with van der Waals surface area (Å²) in [6.45, 7) is 5.48. The van der Waals surface area contributed by atoms with Crippen LogP contribution in [0.1, 0.15) is 25.5 Å². The van der Waals surface area contributed by atoms with E-state index in [1.54, 1.807) is 18.1 Å². The summed E-state index contributed by atoms with van der Waals surface area (Å²) in [5.41, 5.74) is 0.994. The first-order valence-electron chi connectivity index (χ1n) is 9.35. The van der Waals surface area contributed by atoms with Crippen molar-refractivity contribution in [2.24, 2.45) is 4.99 Å². The topological polar surface area (TPSA) is 70.1 Å². The number of aromatic nitrogens is 1. The molecule has 26 heavy (non-hydrogen) atoms. The number of hydrogen-bond acceptors (Lipinski definition) is 4. The smallest absolute Gasteiger partial charge is 0.241 e. The molecule has 2 heterocycles. The van der Waals surface area contributed by atoms with Crippen molar-refractivity contribution >= 4 is 11.9 Å². The predicted molar refractivity (Wildman–Crippen MR) is 103 cm³/mol. The number of ether oxygens (including phenoxy) is 1. The molecule has 0 spiro atoms. The molecule has 1 aliphatic heterocycles. The Kier molecular flexibility index (Phi) is 8.34. The van der Waals surface area contributed by atoms with Crippen LogP contribution in [0.3, 0.4) is 0 Å². The Morgan fingerprint density at radius 2 is 2.19 bits per heavy atom. The van der Waals surface area contributed by atoms with Crippen LogP contribution in [-0.2, 0) is 16.0 Å². The average Bonchev–Trinajstić information content (AvgIpc) is 2.68. The van der Waals surface area contributed by atoms with E-state index >= 15 is 0 Å². The van der Waals surface area contributed by atoms with E-state index in [0.29, 0.717) is 12.6 Å². The van der Waals surface area contributed by atoms with Crippen molar-refractivity contribution in [1.82, 2.24) is 20.1 Å². The third-order valence-corrected chi connectivity index (χ3v) is 4.61. The van der Waals surface area contributed by atoms with Gasteiger partial charge >= 0.3 is 0 Å². The third kappa shape index (κ3) is 6.29. The molecule has 1 aromatic heterocycles. The van der Waals surface area contributed by atoms with E-state index in [1.807, 2.05) is 32.2 Å². The number of piperidine rings is 1. The fraction of sp³-hybridized carbons (Fsp3) is 0.632. The Bertz CT molecular complexity index is 571. The van der Waals surface area contributed by atoms with Gasteiger partial charge in [0.15, 0.2) is 5.96 Å². The van der Waals surface area contributed by atoms with Gasteiger partial charge in [-0.2, -0.15) is 0 Å². The maximum Gasteiger partial charge on any atom is 0.241 e. The highest BCUT2D eigenvalue weighted by atomic mass is 16.5. The van der Waals surface area contributed by atoms with Gasteiger partial charge in [-0.05, 0) is 31.9 Å². The van der Waals surface area contributed by atoms with Crippen molar-refractivity contribution in [1.29, 1.82) is 0 Å². The SMILES string of the molecule is CCOC1CCN(C(=NC)NCC(=O)N(C)CCc2ccccn2)CC1. The molecule has 1 N–H and O–H groups in total. The van der Waals surface area contributed by atoms with Gasteiger partial charge in [0.1, 0.15) is 0 Å². The molecule has 7 heteroatoms. The molecule has 1 aromatic rings. The second-order valence-corrected chi connectivity index (χ2v) is 6.43. The van der Waals surface area contributed by atoms with Gasteiger partial charge in [0.2, 0.25) is 5.91 Å². The lowest BCUT2D eigenvalue weighted by molar-refractivity contribution is -0.128. The summed E-state index contributed by atoms with van der Waals surface area (Å²) < 4.78 is 5.68. The molecule has 0 aromatic carbocycles. The number of rotatable bonds is 7. The number of nitrogens with one attached hydrogen (secondary N) is 1. The van der Waals surface area contributed by atoms with E-state index in [4.69, 9.17) is 4.74 Å². The number of amides is 1. The number of pyridine rings is 1. The Balaban J connectivity index is 1.72. The van der Waals surface area contributed by atoms with Crippen molar-refractivity contribution in [2.75, 3.05) is 46.9 Å². The van der Waals surface area contributed by atoms with E-state index in [9.17, 15) is 4.79 Å². The van der Waals surface area contributed by atoms with Crippen LogP contribution < -0.4 is 5.32 Å². The molecule has 1 amide bonds. The lowest BCUT2D eigenvalue weighted by atomic mass is 10.1. The number of nitrogens with zero attached hydrogens (tertiary/aromatic N) is 4. The van der Waals surface area contributed by atoms with E-state index in [-0.39, 0.29) is 12.5 Å². The van der Waals surface area contributed by atoms with Crippen molar-refractivity contribution in [3.8, 4) is 0 Å². The molecule has 144 valence electrons. The molecule has 0 atom stereocenters. The minimum absolute atomic E-state index is 0.0475. The Morgan fingerprint density at radius 1 is 1.42 bits per heavy atom. The van der Waals surface area contributed by atoms with Crippen molar-refractivity contribution in [2.45, 2.75) is 32.3 Å². The average molecular weight is 361 g/mol. The minimum atomic E-state index is 0.0475. The molecule has 2 rings (SSSR count). The third-order valence-electron chi connectivity index (χ3n) is 4.61. The van der Waals surface area contributed by atoms with Crippen molar-refractivity contribution in [3.05, 3.63) is 30.1 Å². The molecular weight excluding hydrogens is 330 g/mol. The fourth-order valence-electron chi connectivity index (χ4n) is 3.04. The summed E-state index contributed by atoms with van der Waals surface area (Å²) >= 11 is 0. The van der Waals surface area contributed by atoms with E-state index in [1.165, 1.54) is 0 Å². The Morgan fingerprint density at radius 3 is 2.81 bits per heavy atom. The van der Waals surface area contributed by atoms with Crippen LogP contribution >= 0.6 is 0 Å². The van der Waals surface area contributed by atoms with Gasteiger partial charge in [-0.25, -0.2) is 0 Å². The standard InChI is InChI=1S/C19H31N5O2/c1-4-26-17-9-13-24(14-10-17)19(20-2)22-15-18(25)23(3)12-8-16-7-5-6-11-21-16/h5-7,11,17H,4,8-10,12-15H2,1-3H3,(H,20,22). The molecular formula is C19H31N5O2. The van der Waals surface area contributed by atoms with E-state index in [0.717, 1.165) is 50.6 Å². The second-order valence-electron chi connectivity index (χ2n) is 6.43. The summed E-state index contributed by atoms with van der Waals surface area (Å²) in [7, 11) is 3.58. The summed E-state index contributed by atoms with van der Waals surface area (Å²) in [6.07, 6.45) is 4.85. The molecule has 7 nitrogen and oxygen atoms in total. The maximum atomic E-state index is 12.4. The van der Waals surface area contributed by atoms with Crippen LogP contribution in [0, 0.1) is 0 Å². The first-order valence-corrected chi connectivity index (χ1v) is 9.35. The van der Waals surface area contributed by atoms with Gasteiger partial charge in [0.05, 0.1) is 12.6 Å². The predicted octanol–water partition coefficient (Wildman–Crippen LogP) is 1.16. The first kappa shape index (κ1) is 20.2. The van der Waals surface area contributed by atoms with Crippen LogP contribution in [-0.4, -0.2) is 79.6 Å². The largest absolute Gasteiger partial charge is 0.378 e. The zero-order valence-corrected chi connectivity index (χ0v) is 16.1. The number of guanidine groups is 1. The van der Waals surface area contributed by atoms with Gasteiger partial charge in [-0.15, -0.1) is 0 Å². The number of aliphatic imine (C=N–C) groups is 1. The highest BCUT2D eigenvalue weighted by Crippen LogP contribution is 2.13. The molecule has 0 aliphatic carbocycles. The zero-order chi connectivity index (χ0) is 18.8. The Labute approximate surface area is 156 Å². The number of carbonyl (C=O) groups is 1. The lowest BCUT2D eigenvalue weighted by Crippen LogP contribution is -2.49. The van der Waals surface area contributed by atoms with Crippen molar-refractivity contribution in [3.63, 3.8) is 0 Å². The lowest BCUT2D eigenvalue weighted by Gasteiger charge is -2.34. The highest BCUT2D eigenvalue weighted by molar-refractivity contribution is 5.86. The van der Waals surface area contributed by atoms with E-state index in [2.05, 4.69) is 20.2 Å². The molecule has 0 saturated carbocycles. The van der Waals surface area contributed by atoms with Crippen LogP contribution in [0.15, 0.2) is 29.4 Å². The zero-order valence-electron chi connectivity index (χ0n) is 16.1. The second kappa shape index (κ2) is 10.8. The minimum Gasteiger partial charge on any atom is -0.378 e. The highest BCUT2D eigenvalue weighted by Gasteiger charge is 2.22. The molecule has 0 unspecified atom stereocenters. The normalized spacial score (nSPS) is 15.8. The fourth-order valence-corrected chi connectivity index (χ4v) is 3.04. The monoisotopic (exact) mass is 361 g/mol. The van der Waals surface area contributed by atoms with Crippen LogP contribution in [0.25, 0.3) is 0 Å². The quantitative estimate of drug-likeness (QED) is 0.583. The molecule has 1 fully saturated rings. The first-order chi connectivity index (χ1) is 12.6. The molecule has 0 radical (unpaired) electrons. The maximum absolute atomic E-state index is 12.4. The van der Waals surface area contributed by atoms with Crippen LogP contribution in [0.4, 0.5) is 0 Å². The van der Waals surface area contributed by atoms with Crippen molar-refractivity contribution < 1.29 is 9.53 Å². The number of hydrogen-bond donors (Lipinski definition) is 1. The molecule has 0 bridgehead atoms. The van der Waals surface area contributed by atoms with Gasteiger partial charge < -0.3 is 19.9 Å². The van der Waals surface area contributed by atoms with Gasteiger partial charge in [0.25, 0.3) is 0 Å². The van der Waals surface area contributed by atoms with E-state index < -0.39 is 0 Å². The number of carbonyl (C=O) groups excluding carboxylic acids is 1. The summed E-state index contributed by atoms with van der Waals surface area (Å²) in [4.78, 5) is 24.9. The van der Waals surface area contributed by atoms with Gasteiger partial charge in [-0.3, -0.25) is 14.8 Å². The summed E-state index contributed by atoms with van der Waals surface area (Å²) in [5, 5.41) is 3.19. The summed E-state index contributed by atoms with van der Waals surface area (Å²) in [6, 6.07) is 5.83. The number of likely N-dealkylation sites (tertiary alicyclic amines) is 1. The molecule has 1 saturated heterocycles. The Hall–Kier alpha value is -2.15. The van der Waals surface area contributed by atoms with Crippen LogP contribution in [0.2, 0.25) is 0 Å². The van der Waals surface area contributed by atoms with Crippen LogP contribution in [0.5, 0.6) is 0 Å². The molecule has 1 aliphatic rings. The van der Waals surface area contributed by atoms with Gasteiger partial charge in [0, 0.05) is 58.6 Å². The summed E-state index contributed by atoms with van der Waals surface area (Å²) in [5.74, 6) is 0.831. The number of likely N-dealkylation sites (N-methyl/N-ethyl adjacent to an activating group) is 1.